The Hall–Kier alpha value is -1.78. The monoisotopic (exact) mass is 226 g/mol. The van der Waals surface area contributed by atoms with Crippen molar-refractivity contribution in [1.82, 2.24) is 5.32 Å². The topological polar surface area (TPSA) is 64.3 Å². The molecular formula is C11H15FN2O2. The molecular weight excluding hydrogens is 211 g/mol. The van der Waals surface area contributed by atoms with Gasteiger partial charge < -0.3 is 15.8 Å². The van der Waals surface area contributed by atoms with Gasteiger partial charge in [-0.15, -0.1) is 0 Å². The number of benzene rings is 1. The third-order valence-corrected chi connectivity index (χ3v) is 1.92. The smallest absolute Gasteiger partial charge is 0.223 e. The number of rotatable bonds is 5. The second-order valence-corrected chi connectivity index (χ2v) is 3.24. The summed E-state index contributed by atoms with van der Waals surface area (Å²) in [5.74, 6) is -0.521. The maximum absolute atomic E-state index is 13.2. The number of carbonyl (C=O) groups excluding carboxylic acids is 1. The van der Waals surface area contributed by atoms with E-state index in [0.717, 1.165) is 0 Å². The molecule has 0 spiro atoms. The zero-order chi connectivity index (χ0) is 12.0. The predicted octanol–water partition coefficient (Wildman–Crippen LogP) is 1.31. The molecule has 1 amide bonds. The first-order valence-electron chi connectivity index (χ1n) is 5.08. The fourth-order valence-corrected chi connectivity index (χ4v) is 1.17. The lowest BCUT2D eigenvalue weighted by Gasteiger charge is -2.07. The predicted molar refractivity (Wildman–Crippen MR) is 59.6 cm³/mol. The van der Waals surface area contributed by atoms with E-state index in [4.69, 9.17) is 10.5 Å². The first-order valence-corrected chi connectivity index (χ1v) is 5.08. The zero-order valence-electron chi connectivity index (χ0n) is 9.13. The molecule has 0 aliphatic rings. The van der Waals surface area contributed by atoms with E-state index in [1.165, 1.54) is 12.1 Å². The highest BCUT2D eigenvalue weighted by molar-refractivity contribution is 5.75. The highest BCUT2D eigenvalue weighted by Gasteiger charge is 2.05. The summed E-state index contributed by atoms with van der Waals surface area (Å²) in [6.45, 7) is 2.56. The van der Waals surface area contributed by atoms with Gasteiger partial charge in [-0.1, -0.05) is 0 Å². The van der Waals surface area contributed by atoms with E-state index in [-0.39, 0.29) is 24.7 Å². The van der Waals surface area contributed by atoms with Crippen molar-refractivity contribution in [2.45, 2.75) is 13.3 Å². The van der Waals surface area contributed by atoms with E-state index in [1.54, 1.807) is 6.07 Å². The summed E-state index contributed by atoms with van der Waals surface area (Å²) < 4.78 is 18.3. The van der Waals surface area contributed by atoms with Gasteiger partial charge in [0.25, 0.3) is 0 Å². The standard InChI is InChI=1S/C11H15FN2O2/c1-2-14-11(15)5-6-16-10-4-3-8(13)7-9(10)12/h3-4,7H,2,5-6,13H2,1H3,(H,14,15). The number of nitrogens with one attached hydrogen (secondary N) is 1. The number of amides is 1. The van der Waals surface area contributed by atoms with E-state index in [0.29, 0.717) is 12.2 Å². The van der Waals surface area contributed by atoms with Gasteiger partial charge in [0, 0.05) is 18.3 Å². The van der Waals surface area contributed by atoms with Gasteiger partial charge in [0.15, 0.2) is 11.6 Å². The van der Waals surface area contributed by atoms with Gasteiger partial charge in [-0.25, -0.2) is 4.39 Å². The molecule has 0 saturated heterocycles. The lowest BCUT2D eigenvalue weighted by molar-refractivity contribution is -0.121. The average Bonchev–Trinajstić information content (AvgIpc) is 2.22. The molecule has 0 aliphatic heterocycles. The summed E-state index contributed by atoms with van der Waals surface area (Å²) >= 11 is 0. The van der Waals surface area contributed by atoms with Crippen LogP contribution >= 0.6 is 0 Å². The SMILES string of the molecule is CCNC(=O)CCOc1ccc(N)cc1F. The van der Waals surface area contributed by atoms with Crippen LogP contribution < -0.4 is 15.8 Å². The molecule has 3 N–H and O–H groups in total. The van der Waals surface area contributed by atoms with Gasteiger partial charge in [-0.2, -0.15) is 0 Å². The molecule has 88 valence electrons. The molecule has 1 rings (SSSR count). The molecule has 0 saturated carbocycles. The Balaban J connectivity index is 2.40. The summed E-state index contributed by atoms with van der Waals surface area (Å²) in [4.78, 5) is 11.1. The van der Waals surface area contributed by atoms with Crippen LogP contribution in [0.2, 0.25) is 0 Å². The Morgan fingerprint density at radius 1 is 1.56 bits per heavy atom. The number of halogens is 1. The van der Waals surface area contributed by atoms with Crippen molar-refractivity contribution < 1.29 is 13.9 Å². The molecule has 1 aromatic rings. The zero-order valence-corrected chi connectivity index (χ0v) is 9.13. The van der Waals surface area contributed by atoms with E-state index < -0.39 is 5.82 Å². The van der Waals surface area contributed by atoms with E-state index >= 15 is 0 Å². The van der Waals surface area contributed by atoms with Crippen molar-refractivity contribution in [2.75, 3.05) is 18.9 Å². The molecule has 16 heavy (non-hydrogen) atoms. The minimum atomic E-state index is -0.518. The normalized spacial score (nSPS) is 9.88. The first-order chi connectivity index (χ1) is 7.63. The molecule has 0 heterocycles. The molecule has 5 heteroatoms. The summed E-state index contributed by atoms with van der Waals surface area (Å²) in [5, 5.41) is 2.62. The molecule has 1 aromatic carbocycles. The molecule has 0 aliphatic carbocycles. The maximum atomic E-state index is 13.2. The minimum absolute atomic E-state index is 0.110. The van der Waals surface area contributed by atoms with E-state index in [9.17, 15) is 9.18 Å². The summed E-state index contributed by atoms with van der Waals surface area (Å²) in [6, 6.07) is 4.17. The van der Waals surface area contributed by atoms with Gasteiger partial charge in [0.05, 0.1) is 13.0 Å². The van der Waals surface area contributed by atoms with Crippen molar-refractivity contribution in [3.05, 3.63) is 24.0 Å². The second-order valence-electron chi connectivity index (χ2n) is 3.24. The van der Waals surface area contributed by atoms with Crippen LogP contribution in [-0.2, 0) is 4.79 Å². The largest absolute Gasteiger partial charge is 0.490 e. The molecule has 0 fully saturated rings. The van der Waals surface area contributed by atoms with Gasteiger partial charge in [-0.3, -0.25) is 4.79 Å². The van der Waals surface area contributed by atoms with Crippen LogP contribution in [0.4, 0.5) is 10.1 Å². The summed E-state index contributed by atoms with van der Waals surface area (Å²) in [5.41, 5.74) is 5.73. The lowest BCUT2D eigenvalue weighted by atomic mass is 10.3. The van der Waals surface area contributed by atoms with Gasteiger partial charge in [0.2, 0.25) is 5.91 Å². The van der Waals surface area contributed by atoms with Crippen molar-refractivity contribution in [2.24, 2.45) is 0 Å². The van der Waals surface area contributed by atoms with Gasteiger partial charge >= 0.3 is 0 Å². The Labute approximate surface area is 93.6 Å². The minimum Gasteiger partial charge on any atom is -0.490 e. The van der Waals surface area contributed by atoms with E-state index in [1.807, 2.05) is 6.92 Å². The third-order valence-electron chi connectivity index (χ3n) is 1.92. The van der Waals surface area contributed by atoms with Crippen LogP contribution in [0.3, 0.4) is 0 Å². The van der Waals surface area contributed by atoms with Crippen LogP contribution in [0.1, 0.15) is 13.3 Å². The lowest BCUT2D eigenvalue weighted by Crippen LogP contribution is -2.24. The number of hydrogen-bond donors (Lipinski definition) is 2. The van der Waals surface area contributed by atoms with Crippen molar-refractivity contribution in [1.29, 1.82) is 0 Å². The Kier molecular flexibility index (Phi) is 4.57. The van der Waals surface area contributed by atoms with Gasteiger partial charge in [-0.05, 0) is 19.1 Å². The van der Waals surface area contributed by atoms with Crippen LogP contribution in [0.5, 0.6) is 5.75 Å². The van der Waals surface area contributed by atoms with Crippen molar-refractivity contribution in [3.63, 3.8) is 0 Å². The molecule has 0 aromatic heterocycles. The van der Waals surface area contributed by atoms with Crippen LogP contribution in [0.25, 0.3) is 0 Å². The fourth-order valence-electron chi connectivity index (χ4n) is 1.17. The number of hydrogen-bond acceptors (Lipinski definition) is 3. The number of nitrogens with two attached hydrogens (primary N) is 1. The molecule has 0 bridgehead atoms. The van der Waals surface area contributed by atoms with Crippen LogP contribution in [0, 0.1) is 5.82 Å². The molecule has 0 atom stereocenters. The Morgan fingerprint density at radius 2 is 2.31 bits per heavy atom. The number of nitrogen functional groups attached to an aromatic ring is 1. The van der Waals surface area contributed by atoms with Crippen LogP contribution in [-0.4, -0.2) is 19.1 Å². The number of carbonyl (C=O) groups is 1. The highest BCUT2D eigenvalue weighted by Crippen LogP contribution is 2.19. The Bertz CT molecular complexity index is 369. The highest BCUT2D eigenvalue weighted by atomic mass is 19.1. The molecule has 0 unspecified atom stereocenters. The second kappa shape index (κ2) is 5.95. The maximum Gasteiger partial charge on any atom is 0.223 e. The van der Waals surface area contributed by atoms with Crippen molar-refractivity contribution in [3.8, 4) is 5.75 Å². The summed E-state index contributed by atoms with van der Waals surface area (Å²) in [6.07, 6.45) is 0.206. The van der Waals surface area contributed by atoms with Crippen LogP contribution in [0.15, 0.2) is 18.2 Å². The van der Waals surface area contributed by atoms with Crippen molar-refractivity contribution >= 4 is 11.6 Å². The molecule has 4 nitrogen and oxygen atoms in total. The number of anilines is 1. The Morgan fingerprint density at radius 3 is 2.94 bits per heavy atom. The van der Waals surface area contributed by atoms with E-state index in [2.05, 4.69) is 5.32 Å². The first kappa shape index (κ1) is 12.3. The third kappa shape index (κ3) is 3.76. The van der Waals surface area contributed by atoms with Gasteiger partial charge in [0.1, 0.15) is 0 Å². The molecule has 0 radical (unpaired) electrons. The fraction of sp³-hybridized carbons (Fsp3) is 0.364. The average molecular weight is 226 g/mol. The number of ether oxygens (including phenoxy) is 1. The quantitative estimate of drug-likeness (QED) is 0.744. The summed E-state index contributed by atoms with van der Waals surface area (Å²) in [7, 11) is 0.